The largest absolute Gasteiger partial charge is 0.256 e. The fourth-order valence-corrected chi connectivity index (χ4v) is 11.0. The Morgan fingerprint density at radius 2 is 1.07 bits per heavy atom. The Morgan fingerprint density at radius 1 is 0.483 bits per heavy atom. The van der Waals surface area contributed by atoms with E-state index in [2.05, 4.69) is 165 Å². The Kier molecular flexibility index (Phi) is 8.05. The van der Waals surface area contributed by atoms with E-state index in [9.17, 15) is 0 Å². The van der Waals surface area contributed by atoms with Crippen molar-refractivity contribution in [3.63, 3.8) is 0 Å². The minimum Gasteiger partial charge on any atom is -0.256 e. The summed E-state index contributed by atoms with van der Waals surface area (Å²) in [6.45, 7) is 8.91. The summed E-state index contributed by atoms with van der Waals surface area (Å²) >= 11 is 1.87. The molecule has 274 valence electrons. The molecular weight excluding hydrogens is 725 g/mol. The van der Waals surface area contributed by atoms with Crippen LogP contribution in [-0.2, 0) is 5.41 Å². The van der Waals surface area contributed by atoms with Gasteiger partial charge < -0.3 is 0 Å². The molecule has 7 aromatic carbocycles. The summed E-state index contributed by atoms with van der Waals surface area (Å²) in [5, 5.41) is 3.40. The maximum atomic E-state index is 5.43. The SMILES string of the molecule is C=CC1Sc2ccccc2C2(c3cccc(-c4nc(-c5ccccc5)nc(-c5cccc6ccccc56)n4)c3-c3c(-c4cccc5cccnc45)cccc32)C1C=C. The van der Waals surface area contributed by atoms with Crippen molar-refractivity contribution in [3.05, 3.63) is 212 Å². The minimum atomic E-state index is -0.578. The zero-order valence-electron chi connectivity index (χ0n) is 31.6. The number of aromatic nitrogens is 4. The smallest absolute Gasteiger partial charge is 0.164 e. The number of pyridine rings is 1. The second-order valence-corrected chi connectivity index (χ2v) is 16.1. The van der Waals surface area contributed by atoms with E-state index in [1.165, 1.54) is 21.6 Å². The van der Waals surface area contributed by atoms with Gasteiger partial charge in [-0.05, 0) is 56.3 Å². The lowest BCUT2D eigenvalue weighted by molar-refractivity contribution is 0.453. The van der Waals surface area contributed by atoms with Crippen molar-refractivity contribution in [1.82, 2.24) is 19.9 Å². The lowest BCUT2D eigenvalue weighted by atomic mass is 9.62. The number of hydrogen-bond acceptors (Lipinski definition) is 5. The second-order valence-electron chi connectivity index (χ2n) is 14.9. The fourth-order valence-electron chi connectivity index (χ4n) is 9.63. The molecular formula is C53H36N4S. The third kappa shape index (κ3) is 5.03. The number of hydrogen-bond donors (Lipinski definition) is 0. The van der Waals surface area contributed by atoms with E-state index < -0.39 is 5.41 Å². The first-order valence-corrected chi connectivity index (χ1v) is 20.5. The van der Waals surface area contributed by atoms with E-state index in [4.69, 9.17) is 19.9 Å². The first-order chi connectivity index (χ1) is 28.7. The Bertz CT molecular complexity index is 3110. The number of nitrogens with zero attached hydrogens (tertiary/aromatic N) is 4. The van der Waals surface area contributed by atoms with Gasteiger partial charge in [-0.3, -0.25) is 4.98 Å². The highest BCUT2D eigenvalue weighted by Gasteiger charge is 2.55. The van der Waals surface area contributed by atoms with Crippen LogP contribution in [0.15, 0.2) is 200 Å². The minimum absolute atomic E-state index is 0.00877. The normalized spacial score (nSPS) is 17.8. The molecule has 2 aliphatic rings. The van der Waals surface area contributed by atoms with E-state index in [1.807, 2.05) is 42.2 Å². The van der Waals surface area contributed by atoms with Crippen molar-refractivity contribution in [2.24, 2.45) is 5.92 Å². The van der Waals surface area contributed by atoms with Crippen LogP contribution in [0.4, 0.5) is 0 Å². The van der Waals surface area contributed by atoms with Gasteiger partial charge in [0.1, 0.15) is 0 Å². The molecule has 3 unspecified atom stereocenters. The molecule has 4 nitrogen and oxygen atoms in total. The highest BCUT2D eigenvalue weighted by atomic mass is 32.2. The number of rotatable bonds is 6. The van der Waals surface area contributed by atoms with Gasteiger partial charge in [-0.25, -0.2) is 15.0 Å². The van der Waals surface area contributed by atoms with E-state index in [1.54, 1.807) is 0 Å². The summed E-state index contributed by atoms with van der Waals surface area (Å²) in [5.41, 5.74) is 11.4. The summed E-state index contributed by atoms with van der Waals surface area (Å²) in [6, 6.07) is 57.9. The summed E-state index contributed by atoms with van der Waals surface area (Å²) in [6.07, 6.45) is 6.14. The molecule has 5 heteroatoms. The number of fused-ring (bicyclic) bond motifs is 9. The first-order valence-electron chi connectivity index (χ1n) is 19.6. The van der Waals surface area contributed by atoms with Crippen molar-refractivity contribution in [2.75, 3.05) is 0 Å². The van der Waals surface area contributed by atoms with Gasteiger partial charge in [-0.2, -0.15) is 0 Å². The Labute approximate surface area is 341 Å². The number of benzene rings is 7. The Morgan fingerprint density at radius 3 is 1.88 bits per heavy atom. The topological polar surface area (TPSA) is 51.6 Å². The average molecular weight is 761 g/mol. The summed E-state index contributed by atoms with van der Waals surface area (Å²) < 4.78 is 0. The summed E-state index contributed by atoms with van der Waals surface area (Å²) in [5.74, 6) is 1.87. The van der Waals surface area contributed by atoms with Crippen LogP contribution in [0, 0.1) is 5.92 Å². The molecule has 58 heavy (non-hydrogen) atoms. The molecule has 11 rings (SSSR count). The first kappa shape index (κ1) is 34.3. The van der Waals surface area contributed by atoms with Crippen molar-refractivity contribution < 1.29 is 0 Å². The maximum absolute atomic E-state index is 5.43. The molecule has 0 amide bonds. The van der Waals surface area contributed by atoms with Crippen molar-refractivity contribution in [1.29, 1.82) is 0 Å². The van der Waals surface area contributed by atoms with Gasteiger partial charge in [0, 0.05) is 49.9 Å². The van der Waals surface area contributed by atoms with Crippen LogP contribution < -0.4 is 0 Å². The van der Waals surface area contributed by atoms with Crippen LogP contribution >= 0.6 is 11.8 Å². The van der Waals surface area contributed by atoms with E-state index in [0.717, 1.165) is 60.6 Å². The summed E-state index contributed by atoms with van der Waals surface area (Å²) in [7, 11) is 0. The molecule has 0 saturated heterocycles. The van der Waals surface area contributed by atoms with E-state index in [-0.39, 0.29) is 11.2 Å². The number of allylic oxidation sites excluding steroid dienone is 1. The lowest BCUT2D eigenvalue weighted by Crippen LogP contribution is -2.43. The van der Waals surface area contributed by atoms with Crippen molar-refractivity contribution in [2.45, 2.75) is 15.6 Å². The highest BCUT2D eigenvalue weighted by Crippen LogP contribution is 2.65. The molecule has 3 heterocycles. The number of thioether (sulfide) groups is 1. The molecule has 1 aliphatic carbocycles. The number of para-hydroxylation sites is 1. The van der Waals surface area contributed by atoms with Gasteiger partial charge in [0.05, 0.1) is 10.9 Å². The standard InChI is InChI=1S/C53H36N4S/c1-3-41-45(4-2)58-46-31-11-10-28-42(46)53(41)43-29-14-24-37(38-25-13-21-34-22-16-32-54-49(34)38)47(43)48-40(27-15-30-44(48)53)52-56-50(35-18-6-5-7-19-35)55-51(57-52)39-26-12-20-33-17-8-9-23-36(33)39/h3-32,41,45H,1-2H2. The van der Waals surface area contributed by atoms with Crippen LogP contribution in [0.2, 0.25) is 0 Å². The molecule has 0 bridgehead atoms. The van der Waals surface area contributed by atoms with Crippen LogP contribution in [0.3, 0.4) is 0 Å². The van der Waals surface area contributed by atoms with Gasteiger partial charge in [0.25, 0.3) is 0 Å². The zero-order chi connectivity index (χ0) is 38.8. The fraction of sp³-hybridized carbons (Fsp3) is 0.0566. The van der Waals surface area contributed by atoms with Crippen LogP contribution in [0.1, 0.15) is 16.7 Å². The maximum Gasteiger partial charge on any atom is 0.164 e. The third-order valence-corrected chi connectivity index (χ3v) is 13.4. The molecule has 9 aromatic rings. The predicted octanol–water partition coefficient (Wildman–Crippen LogP) is 13.0. The molecule has 1 aliphatic heterocycles. The second kappa shape index (κ2) is 13.6. The molecule has 1 spiro atoms. The van der Waals surface area contributed by atoms with Crippen LogP contribution in [0.25, 0.3) is 78.1 Å². The summed E-state index contributed by atoms with van der Waals surface area (Å²) in [4.78, 5) is 22.2. The monoisotopic (exact) mass is 760 g/mol. The third-order valence-electron chi connectivity index (χ3n) is 12.0. The Balaban J connectivity index is 1.28. The Hall–Kier alpha value is -6.95. The van der Waals surface area contributed by atoms with Crippen molar-refractivity contribution in [3.8, 4) is 56.4 Å². The molecule has 2 aromatic heterocycles. The molecule has 0 saturated carbocycles. The predicted molar refractivity (Wildman–Crippen MR) is 240 cm³/mol. The molecule has 3 atom stereocenters. The van der Waals surface area contributed by atoms with E-state index >= 15 is 0 Å². The average Bonchev–Trinajstić information content (AvgIpc) is 3.59. The highest BCUT2D eigenvalue weighted by molar-refractivity contribution is 8.00. The quantitative estimate of drug-likeness (QED) is 0.158. The lowest BCUT2D eigenvalue weighted by Gasteiger charge is -2.46. The van der Waals surface area contributed by atoms with Gasteiger partial charge in [-0.1, -0.05) is 164 Å². The van der Waals surface area contributed by atoms with Gasteiger partial charge >= 0.3 is 0 Å². The van der Waals surface area contributed by atoms with Crippen molar-refractivity contribution >= 4 is 33.4 Å². The van der Waals surface area contributed by atoms with E-state index in [0.29, 0.717) is 17.5 Å². The van der Waals surface area contributed by atoms with Crippen LogP contribution in [0.5, 0.6) is 0 Å². The molecule has 0 N–H and O–H groups in total. The van der Waals surface area contributed by atoms with Gasteiger partial charge in [0.15, 0.2) is 17.5 Å². The van der Waals surface area contributed by atoms with Gasteiger partial charge in [0.2, 0.25) is 0 Å². The molecule has 0 fully saturated rings. The molecule has 0 radical (unpaired) electrons. The van der Waals surface area contributed by atoms with Crippen LogP contribution in [-0.4, -0.2) is 25.2 Å². The zero-order valence-corrected chi connectivity index (χ0v) is 32.4. The van der Waals surface area contributed by atoms with Gasteiger partial charge in [-0.15, -0.1) is 24.9 Å².